The molecule has 1 aromatic rings. The highest BCUT2D eigenvalue weighted by Gasteiger charge is 2.15. The van der Waals surface area contributed by atoms with Crippen molar-refractivity contribution in [2.24, 2.45) is 0 Å². The first-order valence-corrected chi connectivity index (χ1v) is 7.41. The van der Waals surface area contributed by atoms with Gasteiger partial charge in [0.05, 0.1) is 22.8 Å². The average Bonchev–Trinajstić information content (AvgIpc) is 2.37. The monoisotopic (exact) mass is 284 g/mol. The lowest BCUT2D eigenvalue weighted by atomic mass is 10.3. The Morgan fingerprint density at radius 2 is 2.21 bits per heavy atom. The fourth-order valence-corrected chi connectivity index (χ4v) is 2.55. The molecular weight excluding hydrogens is 264 g/mol. The largest absolute Gasteiger partial charge is 0.495 e. The van der Waals surface area contributed by atoms with E-state index >= 15 is 0 Å². The molecule has 0 aliphatic carbocycles. The molecule has 1 aromatic carbocycles. The van der Waals surface area contributed by atoms with Crippen molar-refractivity contribution in [1.29, 1.82) is 0 Å². The van der Waals surface area contributed by atoms with Crippen LogP contribution in [0.1, 0.15) is 20.3 Å². The Labute approximate surface area is 116 Å². The number of ether oxygens (including phenoxy) is 1. The number of methoxy groups -OCH3 is 1. The quantitative estimate of drug-likeness (QED) is 0.771. The van der Waals surface area contributed by atoms with E-state index in [1.165, 1.54) is 7.11 Å². The fourth-order valence-electron chi connectivity index (χ4n) is 1.49. The Morgan fingerprint density at radius 1 is 1.53 bits per heavy atom. The highest BCUT2D eigenvalue weighted by molar-refractivity contribution is 7.85. The SMILES string of the molecule is CCC(C)NC(=O)CS(=O)c1ccc(N)cc1OC. The molecule has 0 radical (unpaired) electrons. The molecule has 0 aromatic heterocycles. The lowest BCUT2D eigenvalue weighted by Crippen LogP contribution is -2.35. The van der Waals surface area contributed by atoms with Crippen LogP contribution in [0, 0.1) is 0 Å². The molecule has 0 bridgehead atoms. The van der Waals surface area contributed by atoms with Crippen LogP contribution in [0.3, 0.4) is 0 Å². The second-order valence-electron chi connectivity index (χ2n) is 4.28. The highest BCUT2D eigenvalue weighted by atomic mass is 32.2. The lowest BCUT2D eigenvalue weighted by Gasteiger charge is -2.12. The van der Waals surface area contributed by atoms with E-state index < -0.39 is 10.8 Å². The molecule has 0 fully saturated rings. The first-order valence-electron chi connectivity index (χ1n) is 6.09. The summed E-state index contributed by atoms with van der Waals surface area (Å²) in [6.07, 6.45) is 0.837. The first kappa shape index (κ1) is 15.5. The van der Waals surface area contributed by atoms with Crippen molar-refractivity contribution in [2.45, 2.75) is 31.2 Å². The van der Waals surface area contributed by atoms with Gasteiger partial charge in [-0.2, -0.15) is 0 Å². The molecule has 1 amide bonds. The van der Waals surface area contributed by atoms with Crippen LogP contribution in [0.25, 0.3) is 0 Å². The molecule has 2 atom stereocenters. The minimum Gasteiger partial charge on any atom is -0.495 e. The molecule has 0 heterocycles. The summed E-state index contributed by atoms with van der Waals surface area (Å²) in [5.74, 6) is 0.131. The van der Waals surface area contributed by atoms with E-state index in [2.05, 4.69) is 5.32 Å². The number of rotatable bonds is 6. The summed E-state index contributed by atoms with van der Waals surface area (Å²) >= 11 is 0. The van der Waals surface area contributed by atoms with E-state index in [0.717, 1.165) is 6.42 Å². The van der Waals surface area contributed by atoms with Gasteiger partial charge in [0.1, 0.15) is 11.5 Å². The van der Waals surface area contributed by atoms with Crippen LogP contribution in [-0.2, 0) is 15.6 Å². The number of hydrogen-bond acceptors (Lipinski definition) is 4. The summed E-state index contributed by atoms with van der Waals surface area (Å²) in [7, 11) is 0.0366. The zero-order chi connectivity index (χ0) is 14.4. The number of nitrogens with two attached hydrogens (primary N) is 1. The van der Waals surface area contributed by atoms with Crippen molar-refractivity contribution in [1.82, 2.24) is 5.32 Å². The van der Waals surface area contributed by atoms with Crippen molar-refractivity contribution < 1.29 is 13.7 Å². The number of anilines is 1. The number of hydrogen-bond donors (Lipinski definition) is 2. The topological polar surface area (TPSA) is 81.4 Å². The fraction of sp³-hybridized carbons (Fsp3) is 0.462. The average molecular weight is 284 g/mol. The predicted molar refractivity (Wildman–Crippen MR) is 76.6 cm³/mol. The number of amides is 1. The van der Waals surface area contributed by atoms with Gasteiger partial charge in [-0.3, -0.25) is 9.00 Å². The van der Waals surface area contributed by atoms with Crippen LogP contribution < -0.4 is 15.8 Å². The van der Waals surface area contributed by atoms with Crippen molar-refractivity contribution >= 4 is 22.4 Å². The summed E-state index contributed by atoms with van der Waals surface area (Å²) in [5, 5.41) is 2.78. The van der Waals surface area contributed by atoms with Crippen LogP contribution in [0.4, 0.5) is 5.69 Å². The summed E-state index contributed by atoms with van der Waals surface area (Å²) in [4.78, 5) is 12.2. The summed E-state index contributed by atoms with van der Waals surface area (Å²) in [6, 6.07) is 4.95. The second-order valence-corrected chi connectivity index (χ2v) is 5.70. The number of carbonyl (C=O) groups is 1. The van der Waals surface area contributed by atoms with Crippen LogP contribution in [-0.4, -0.2) is 29.0 Å². The summed E-state index contributed by atoms with van der Waals surface area (Å²) in [5.41, 5.74) is 6.16. The molecule has 3 N–H and O–H groups in total. The zero-order valence-electron chi connectivity index (χ0n) is 11.4. The zero-order valence-corrected chi connectivity index (χ0v) is 12.3. The van der Waals surface area contributed by atoms with Gasteiger partial charge in [0, 0.05) is 17.8 Å². The molecule has 0 saturated carbocycles. The molecule has 106 valence electrons. The van der Waals surface area contributed by atoms with Gasteiger partial charge in [-0.15, -0.1) is 0 Å². The molecule has 19 heavy (non-hydrogen) atoms. The van der Waals surface area contributed by atoms with Crippen LogP contribution in [0.5, 0.6) is 5.75 Å². The van der Waals surface area contributed by atoms with E-state index in [1.807, 2.05) is 13.8 Å². The smallest absolute Gasteiger partial charge is 0.233 e. The number of carbonyl (C=O) groups excluding carboxylic acids is 1. The molecule has 6 heteroatoms. The van der Waals surface area contributed by atoms with E-state index in [9.17, 15) is 9.00 Å². The molecular formula is C13H20N2O3S. The minimum atomic E-state index is -1.44. The number of nitrogen functional groups attached to an aromatic ring is 1. The van der Waals surface area contributed by atoms with Crippen LogP contribution >= 0.6 is 0 Å². The summed E-state index contributed by atoms with van der Waals surface area (Å²) < 4.78 is 17.3. The van der Waals surface area contributed by atoms with Crippen molar-refractivity contribution in [2.75, 3.05) is 18.6 Å². The normalized spacial score (nSPS) is 13.6. The van der Waals surface area contributed by atoms with Gasteiger partial charge in [-0.1, -0.05) is 6.92 Å². The molecule has 0 spiro atoms. The Bertz CT molecular complexity index is 477. The van der Waals surface area contributed by atoms with Gasteiger partial charge in [0.2, 0.25) is 5.91 Å². The predicted octanol–water partition coefficient (Wildman–Crippen LogP) is 1.30. The third kappa shape index (κ3) is 4.55. The molecule has 0 saturated heterocycles. The maximum atomic E-state index is 12.1. The van der Waals surface area contributed by atoms with Crippen LogP contribution in [0.2, 0.25) is 0 Å². The lowest BCUT2D eigenvalue weighted by molar-refractivity contribution is -0.119. The molecule has 1 rings (SSSR count). The van der Waals surface area contributed by atoms with E-state index in [4.69, 9.17) is 10.5 Å². The molecule has 2 unspecified atom stereocenters. The minimum absolute atomic E-state index is 0.0788. The standard InChI is InChI=1S/C13H20N2O3S/c1-4-9(2)15-13(16)8-19(17)12-6-5-10(14)7-11(12)18-3/h5-7,9H,4,8,14H2,1-3H3,(H,15,16). The first-order chi connectivity index (χ1) is 8.97. The maximum Gasteiger partial charge on any atom is 0.233 e. The van der Waals surface area contributed by atoms with Gasteiger partial charge in [0.15, 0.2) is 0 Å². The molecule has 0 aliphatic rings. The van der Waals surface area contributed by atoms with Gasteiger partial charge in [0.25, 0.3) is 0 Å². The molecule has 5 nitrogen and oxygen atoms in total. The van der Waals surface area contributed by atoms with Gasteiger partial charge in [-0.05, 0) is 25.5 Å². The Morgan fingerprint density at radius 3 is 2.79 bits per heavy atom. The maximum absolute atomic E-state index is 12.1. The van der Waals surface area contributed by atoms with Gasteiger partial charge in [-0.25, -0.2) is 0 Å². The Balaban J connectivity index is 2.76. The van der Waals surface area contributed by atoms with E-state index in [1.54, 1.807) is 18.2 Å². The van der Waals surface area contributed by atoms with Crippen LogP contribution in [0.15, 0.2) is 23.1 Å². The Kier molecular flexibility index (Phi) is 5.82. The second kappa shape index (κ2) is 7.13. The van der Waals surface area contributed by atoms with Crippen molar-refractivity contribution in [3.05, 3.63) is 18.2 Å². The summed E-state index contributed by atoms with van der Waals surface area (Å²) in [6.45, 7) is 3.88. The number of benzene rings is 1. The van der Waals surface area contributed by atoms with Crippen molar-refractivity contribution in [3.8, 4) is 5.75 Å². The van der Waals surface area contributed by atoms with Gasteiger partial charge >= 0.3 is 0 Å². The molecule has 0 aliphatic heterocycles. The third-order valence-corrected chi connectivity index (χ3v) is 4.07. The van der Waals surface area contributed by atoms with Gasteiger partial charge < -0.3 is 15.8 Å². The van der Waals surface area contributed by atoms with Crippen molar-refractivity contribution in [3.63, 3.8) is 0 Å². The third-order valence-electron chi connectivity index (χ3n) is 2.71. The van der Waals surface area contributed by atoms with E-state index in [0.29, 0.717) is 16.3 Å². The number of nitrogens with one attached hydrogen (secondary N) is 1. The Hall–Kier alpha value is -1.56. The van der Waals surface area contributed by atoms with E-state index in [-0.39, 0.29) is 17.7 Å². The highest BCUT2D eigenvalue weighted by Crippen LogP contribution is 2.24.